The highest BCUT2D eigenvalue weighted by molar-refractivity contribution is 6.01. The third-order valence-corrected chi connectivity index (χ3v) is 3.30. The van der Waals surface area contributed by atoms with Gasteiger partial charge in [0.1, 0.15) is 5.82 Å². The number of H-pyrrole nitrogens is 1. The highest BCUT2D eigenvalue weighted by Crippen LogP contribution is 2.27. The summed E-state index contributed by atoms with van der Waals surface area (Å²) in [6, 6.07) is 8.97. The van der Waals surface area contributed by atoms with Crippen molar-refractivity contribution in [2.45, 2.75) is 6.17 Å². The first kappa shape index (κ1) is 15.7. The van der Waals surface area contributed by atoms with Gasteiger partial charge in [-0.25, -0.2) is 10.9 Å². The van der Waals surface area contributed by atoms with E-state index in [0.717, 1.165) is 16.1 Å². The minimum Gasteiger partial charge on any atom is -0.365 e. The first-order chi connectivity index (χ1) is 10.5. The molecule has 0 aliphatic rings. The number of hydrogen-bond donors (Lipinski definition) is 5. The van der Waals surface area contributed by atoms with Crippen LogP contribution in [0.1, 0.15) is 22.1 Å². The normalized spacial score (nSPS) is 12.0. The Labute approximate surface area is 127 Å². The molecule has 8 nitrogen and oxygen atoms in total. The topological polar surface area (TPSA) is 143 Å². The van der Waals surface area contributed by atoms with Gasteiger partial charge >= 0.3 is 0 Å². The van der Waals surface area contributed by atoms with E-state index in [1.54, 1.807) is 13.1 Å². The second kappa shape index (κ2) is 6.39. The number of hydrogen-bond acceptors (Lipinski definition) is 5. The summed E-state index contributed by atoms with van der Waals surface area (Å²) in [6.45, 7) is 0. The van der Waals surface area contributed by atoms with Gasteiger partial charge in [-0.2, -0.15) is 0 Å². The van der Waals surface area contributed by atoms with Crippen LogP contribution in [0.5, 0.6) is 0 Å². The Morgan fingerprint density at radius 3 is 2.73 bits per heavy atom. The molecular formula is C14H18N6O2. The second-order valence-corrected chi connectivity index (χ2v) is 4.71. The van der Waals surface area contributed by atoms with Crippen molar-refractivity contribution < 1.29 is 9.59 Å². The fraction of sp³-hybridized carbons (Fsp3) is 0.143. The van der Waals surface area contributed by atoms with E-state index < -0.39 is 5.91 Å². The molecule has 22 heavy (non-hydrogen) atoms. The third-order valence-electron chi connectivity index (χ3n) is 3.30. The van der Waals surface area contributed by atoms with Crippen molar-refractivity contribution >= 4 is 18.1 Å². The van der Waals surface area contributed by atoms with E-state index in [9.17, 15) is 9.59 Å². The van der Waals surface area contributed by atoms with Crippen LogP contribution >= 0.6 is 0 Å². The molecule has 1 aromatic heterocycles. The van der Waals surface area contributed by atoms with Gasteiger partial charge in [0.25, 0.3) is 5.91 Å². The Hall–Kier alpha value is -2.68. The summed E-state index contributed by atoms with van der Waals surface area (Å²) in [4.78, 5) is 25.2. The molecule has 8 heteroatoms. The van der Waals surface area contributed by atoms with Gasteiger partial charge in [-0.1, -0.05) is 18.2 Å². The Morgan fingerprint density at radius 1 is 1.41 bits per heavy atom. The number of nitrogens with two attached hydrogens (primary N) is 3. The number of benzene rings is 1. The lowest BCUT2D eigenvalue weighted by Gasteiger charge is -2.12. The van der Waals surface area contributed by atoms with Gasteiger partial charge in [-0.05, 0) is 30.3 Å². The number of rotatable bonds is 6. The van der Waals surface area contributed by atoms with E-state index in [4.69, 9.17) is 17.3 Å². The van der Waals surface area contributed by atoms with Crippen LogP contribution < -0.4 is 27.6 Å². The average molecular weight is 302 g/mol. The van der Waals surface area contributed by atoms with E-state index in [1.165, 1.54) is 0 Å². The zero-order valence-corrected chi connectivity index (χ0v) is 12.0. The molecule has 2 rings (SSSR count). The number of carbonyl (C=O) groups excluding carboxylic acids is 2. The van der Waals surface area contributed by atoms with E-state index >= 15 is 0 Å². The van der Waals surface area contributed by atoms with Crippen molar-refractivity contribution in [1.82, 2.24) is 10.3 Å². The van der Waals surface area contributed by atoms with Crippen LogP contribution in [0.2, 0.25) is 0 Å². The Balaban J connectivity index is 2.49. The molecular weight excluding hydrogens is 284 g/mol. The van der Waals surface area contributed by atoms with Crippen molar-refractivity contribution in [3.05, 3.63) is 41.5 Å². The highest BCUT2D eigenvalue weighted by atomic mass is 16.1. The molecule has 116 valence electrons. The number of nitrogens with one attached hydrogen (secondary N) is 2. The van der Waals surface area contributed by atoms with Gasteiger partial charge < -0.3 is 21.8 Å². The number of nitrogens with zero attached hydrogens (tertiary/aromatic N) is 1. The second-order valence-electron chi connectivity index (χ2n) is 4.71. The highest BCUT2D eigenvalue weighted by Gasteiger charge is 2.17. The molecule has 1 heterocycles. The minimum atomic E-state index is -0.683. The molecule has 0 fully saturated rings. The average Bonchev–Trinajstić information content (AvgIpc) is 2.99. The number of amides is 2. The molecule has 1 aromatic carbocycles. The fourth-order valence-corrected chi connectivity index (χ4v) is 2.11. The largest absolute Gasteiger partial charge is 0.365 e. The molecule has 1 unspecified atom stereocenters. The van der Waals surface area contributed by atoms with E-state index in [2.05, 4.69) is 10.3 Å². The summed E-state index contributed by atoms with van der Waals surface area (Å²) in [5, 5.41) is 3.71. The van der Waals surface area contributed by atoms with Gasteiger partial charge in [0.05, 0.1) is 11.7 Å². The zero-order valence-electron chi connectivity index (χ0n) is 12.0. The Morgan fingerprint density at radius 2 is 2.14 bits per heavy atom. The fourth-order valence-electron chi connectivity index (χ4n) is 2.11. The Kier molecular flexibility index (Phi) is 4.56. The maximum absolute atomic E-state index is 11.5. The van der Waals surface area contributed by atoms with E-state index in [1.807, 2.05) is 24.3 Å². The molecule has 2 amide bonds. The van der Waals surface area contributed by atoms with Gasteiger partial charge in [0, 0.05) is 5.69 Å². The van der Waals surface area contributed by atoms with Crippen LogP contribution in [0.15, 0.2) is 30.3 Å². The van der Waals surface area contributed by atoms with Crippen molar-refractivity contribution in [2.24, 2.45) is 17.3 Å². The first-order valence-corrected chi connectivity index (χ1v) is 6.53. The summed E-state index contributed by atoms with van der Waals surface area (Å²) in [6.07, 6.45) is 0.0704. The maximum atomic E-state index is 11.5. The molecule has 0 saturated heterocycles. The van der Waals surface area contributed by atoms with Crippen LogP contribution in [0.3, 0.4) is 0 Å². The predicted octanol–water partition coefficient (Wildman–Crippen LogP) is -0.206. The lowest BCUT2D eigenvalue weighted by atomic mass is 10.1. The quantitative estimate of drug-likeness (QED) is 0.165. The molecule has 0 saturated carbocycles. The van der Waals surface area contributed by atoms with Crippen LogP contribution in [0.4, 0.5) is 5.82 Å². The molecule has 0 aliphatic carbocycles. The van der Waals surface area contributed by atoms with E-state index in [-0.39, 0.29) is 17.5 Å². The number of carbonyl (C=O) groups is 2. The smallest absolute Gasteiger partial charge is 0.252 e. The van der Waals surface area contributed by atoms with Crippen LogP contribution in [0, 0.1) is 0 Å². The molecule has 0 spiro atoms. The minimum absolute atomic E-state index is 0.132. The number of hydrazine groups is 1. The molecule has 1 atom stereocenters. The van der Waals surface area contributed by atoms with Crippen molar-refractivity contribution in [3.63, 3.8) is 0 Å². The van der Waals surface area contributed by atoms with Crippen LogP contribution in [0.25, 0.3) is 11.3 Å². The molecule has 8 N–H and O–H groups in total. The van der Waals surface area contributed by atoms with Crippen LogP contribution in [-0.2, 0) is 4.79 Å². The number of primary amides is 1. The third kappa shape index (κ3) is 2.98. The van der Waals surface area contributed by atoms with Gasteiger partial charge in [0.2, 0.25) is 6.41 Å². The summed E-state index contributed by atoms with van der Waals surface area (Å²) >= 11 is 0. The SMILES string of the molecule is CNC(N)c1cccc(-c2cc(C(N)=O)c(N(N)C=O)[nH]2)c1. The Bertz CT molecular complexity index is 696. The predicted molar refractivity (Wildman–Crippen MR) is 83.5 cm³/mol. The maximum Gasteiger partial charge on any atom is 0.252 e. The summed E-state index contributed by atoms with van der Waals surface area (Å²) in [7, 11) is 1.76. The van der Waals surface area contributed by atoms with Gasteiger partial charge in [-0.15, -0.1) is 0 Å². The van der Waals surface area contributed by atoms with Gasteiger partial charge in [0.15, 0.2) is 0 Å². The molecule has 0 radical (unpaired) electrons. The van der Waals surface area contributed by atoms with Crippen molar-refractivity contribution in [2.75, 3.05) is 12.1 Å². The van der Waals surface area contributed by atoms with Crippen molar-refractivity contribution in [1.29, 1.82) is 0 Å². The lowest BCUT2D eigenvalue weighted by molar-refractivity contribution is -0.107. The van der Waals surface area contributed by atoms with Crippen LogP contribution in [-0.4, -0.2) is 24.3 Å². The summed E-state index contributed by atoms with van der Waals surface area (Å²) in [5.74, 6) is 4.98. The lowest BCUT2D eigenvalue weighted by Crippen LogP contribution is -2.31. The van der Waals surface area contributed by atoms with Gasteiger partial charge in [-0.3, -0.25) is 9.59 Å². The number of anilines is 1. The number of aromatic amines is 1. The zero-order chi connectivity index (χ0) is 16.3. The molecule has 0 aliphatic heterocycles. The first-order valence-electron chi connectivity index (χ1n) is 6.53. The standard InChI is InChI=1S/C14H18N6O2/c1-18-12(15)9-4-2-3-8(5-9)11-6-10(13(16)22)14(19-11)20(17)7-21/h2-7,12,18-19H,15,17H2,1H3,(H2,16,22). The monoisotopic (exact) mass is 302 g/mol. The molecule has 2 aromatic rings. The summed E-state index contributed by atoms with van der Waals surface area (Å²) in [5.41, 5.74) is 13.6. The molecule has 0 bridgehead atoms. The summed E-state index contributed by atoms with van der Waals surface area (Å²) < 4.78 is 0. The number of aromatic nitrogens is 1. The van der Waals surface area contributed by atoms with Crippen molar-refractivity contribution in [3.8, 4) is 11.3 Å². The van der Waals surface area contributed by atoms with E-state index in [0.29, 0.717) is 12.1 Å².